The Balaban J connectivity index is 1.70. The maximum Gasteiger partial charge on any atom is 0.272 e. The van der Waals surface area contributed by atoms with E-state index in [4.69, 9.17) is 0 Å². The van der Waals surface area contributed by atoms with Crippen molar-refractivity contribution in [3.05, 3.63) is 41.1 Å². The fourth-order valence-electron chi connectivity index (χ4n) is 3.63. The van der Waals surface area contributed by atoms with Crippen LogP contribution in [0, 0.1) is 11.7 Å². The van der Waals surface area contributed by atoms with Gasteiger partial charge in [0.2, 0.25) is 0 Å². The fourth-order valence-corrected chi connectivity index (χ4v) is 3.63. The second-order valence-electron chi connectivity index (χ2n) is 7.54. The average Bonchev–Trinajstić information content (AvgIpc) is 3.08. The molecular weight excluding hydrogens is 342 g/mol. The van der Waals surface area contributed by atoms with E-state index in [0.717, 1.165) is 30.3 Å². The molecule has 2 heterocycles. The zero-order chi connectivity index (χ0) is 18.6. The minimum atomic E-state index is -1.77. The first kappa shape index (κ1) is 17.1. The SMILES string of the molecule is CC(C)(F)[C@H](CO)NC(=O)c1nn(-c2ccc(F)cn2)c2c1C[C@H]1C[C@@H]21. The van der Waals surface area contributed by atoms with Crippen molar-refractivity contribution in [1.82, 2.24) is 20.1 Å². The first-order valence-corrected chi connectivity index (χ1v) is 8.64. The summed E-state index contributed by atoms with van der Waals surface area (Å²) in [6, 6.07) is 1.78. The summed E-state index contributed by atoms with van der Waals surface area (Å²) in [5.74, 6) is 0.299. The molecule has 2 aliphatic carbocycles. The quantitative estimate of drug-likeness (QED) is 0.851. The fraction of sp³-hybridized carbons (Fsp3) is 0.500. The van der Waals surface area contributed by atoms with Crippen LogP contribution in [0.3, 0.4) is 0 Å². The number of hydrogen-bond donors (Lipinski definition) is 2. The van der Waals surface area contributed by atoms with Crippen molar-refractivity contribution in [2.45, 2.75) is 44.3 Å². The molecule has 1 saturated carbocycles. The number of nitrogens with zero attached hydrogens (tertiary/aromatic N) is 3. The Morgan fingerprint density at radius 2 is 2.27 bits per heavy atom. The maximum atomic E-state index is 14.1. The molecule has 0 bridgehead atoms. The van der Waals surface area contributed by atoms with E-state index in [9.17, 15) is 18.7 Å². The van der Waals surface area contributed by atoms with Crippen LogP contribution in [-0.2, 0) is 6.42 Å². The van der Waals surface area contributed by atoms with E-state index in [-0.39, 0.29) is 5.69 Å². The van der Waals surface area contributed by atoms with Gasteiger partial charge in [0, 0.05) is 11.5 Å². The smallest absolute Gasteiger partial charge is 0.272 e. The molecule has 8 heteroatoms. The van der Waals surface area contributed by atoms with Gasteiger partial charge < -0.3 is 10.4 Å². The number of rotatable bonds is 5. The number of carbonyl (C=O) groups is 1. The highest BCUT2D eigenvalue weighted by Gasteiger charge is 2.50. The summed E-state index contributed by atoms with van der Waals surface area (Å²) in [4.78, 5) is 16.8. The summed E-state index contributed by atoms with van der Waals surface area (Å²) in [6.07, 6.45) is 2.89. The lowest BCUT2D eigenvalue weighted by atomic mass is 10.0. The Morgan fingerprint density at radius 1 is 1.50 bits per heavy atom. The van der Waals surface area contributed by atoms with Gasteiger partial charge in [-0.25, -0.2) is 18.4 Å². The molecule has 138 valence electrons. The van der Waals surface area contributed by atoms with Gasteiger partial charge in [-0.1, -0.05) is 0 Å². The van der Waals surface area contributed by atoms with Crippen molar-refractivity contribution in [2.24, 2.45) is 5.92 Å². The maximum absolute atomic E-state index is 14.1. The van der Waals surface area contributed by atoms with E-state index in [1.807, 2.05) is 0 Å². The number of hydrogen-bond acceptors (Lipinski definition) is 4. The standard InChI is InChI=1S/C18H20F2N4O2/c1-18(2,20)13(8-25)22-17(26)15-12-6-9-5-11(9)16(12)24(23-15)14-4-3-10(19)7-21-14/h3-4,7,9,11,13,25H,5-6,8H2,1-2H3,(H,22,26)/t9-,11-,13+/m1/s1. The highest BCUT2D eigenvalue weighted by atomic mass is 19.1. The monoisotopic (exact) mass is 362 g/mol. The number of aromatic nitrogens is 3. The van der Waals surface area contributed by atoms with Crippen molar-refractivity contribution in [2.75, 3.05) is 6.61 Å². The van der Waals surface area contributed by atoms with Gasteiger partial charge in [-0.3, -0.25) is 4.79 Å². The van der Waals surface area contributed by atoms with Crippen LogP contribution in [0.25, 0.3) is 5.82 Å². The number of pyridine rings is 1. The molecule has 4 rings (SSSR count). The van der Waals surface area contributed by atoms with Crippen LogP contribution in [0.1, 0.15) is 47.9 Å². The third kappa shape index (κ3) is 2.78. The lowest BCUT2D eigenvalue weighted by molar-refractivity contribution is 0.0720. The summed E-state index contributed by atoms with van der Waals surface area (Å²) >= 11 is 0. The molecule has 0 aromatic carbocycles. The highest BCUT2D eigenvalue weighted by molar-refractivity contribution is 5.94. The van der Waals surface area contributed by atoms with Crippen LogP contribution < -0.4 is 5.32 Å². The lowest BCUT2D eigenvalue weighted by Crippen LogP contribution is -2.49. The van der Waals surface area contributed by atoms with Crippen molar-refractivity contribution in [3.8, 4) is 5.82 Å². The Kier molecular flexibility index (Phi) is 3.83. The Labute approximate surface area is 149 Å². The largest absolute Gasteiger partial charge is 0.394 e. The molecule has 0 spiro atoms. The number of alkyl halides is 1. The van der Waals surface area contributed by atoms with Crippen LogP contribution in [0.5, 0.6) is 0 Å². The Hall–Kier alpha value is -2.35. The van der Waals surface area contributed by atoms with Crippen LogP contribution in [0.4, 0.5) is 8.78 Å². The molecule has 3 atom stereocenters. The second-order valence-corrected chi connectivity index (χ2v) is 7.54. The number of halogens is 2. The predicted octanol–water partition coefficient (Wildman–Crippen LogP) is 1.90. The van der Waals surface area contributed by atoms with Crippen molar-refractivity contribution in [3.63, 3.8) is 0 Å². The van der Waals surface area contributed by atoms with Crippen molar-refractivity contribution < 1.29 is 18.7 Å². The van der Waals surface area contributed by atoms with Gasteiger partial charge in [0.05, 0.1) is 24.5 Å². The van der Waals surface area contributed by atoms with Gasteiger partial charge in [0.15, 0.2) is 11.5 Å². The molecule has 0 saturated heterocycles. The number of aliphatic hydroxyl groups is 1. The molecule has 1 amide bonds. The van der Waals surface area contributed by atoms with E-state index in [0.29, 0.717) is 17.7 Å². The molecule has 0 aliphatic heterocycles. The number of carbonyl (C=O) groups excluding carboxylic acids is 1. The van der Waals surface area contributed by atoms with E-state index in [1.54, 1.807) is 4.68 Å². The molecular formula is C18H20F2N4O2. The van der Waals surface area contributed by atoms with E-state index in [2.05, 4.69) is 15.4 Å². The zero-order valence-corrected chi connectivity index (χ0v) is 14.5. The average molecular weight is 362 g/mol. The zero-order valence-electron chi connectivity index (χ0n) is 14.5. The molecule has 6 nitrogen and oxygen atoms in total. The summed E-state index contributed by atoms with van der Waals surface area (Å²) in [5.41, 5.74) is 0.222. The Morgan fingerprint density at radius 3 is 2.88 bits per heavy atom. The highest BCUT2D eigenvalue weighted by Crippen LogP contribution is 2.57. The molecule has 0 unspecified atom stereocenters. The van der Waals surface area contributed by atoms with Crippen molar-refractivity contribution in [1.29, 1.82) is 0 Å². The van der Waals surface area contributed by atoms with Crippen LogP contribution in [-0.4, -0.2) is 44.1 Å². The van der Waals surface area contributed by atoms with E-state index >= 15 is 0 Å². The molecule has 2 N–H and O–H groups in total. The molecule has 1 fully saturated rings. The normalized spacial score (nSPS) is 21.9. The molecule has 0 radical (unpaired) electrons. The first-order valence-electron chi connectivity index (χ1n) is 8.64. The third-order valence-electron chi connectivity index (χ3n) is 5.22. The third-order valence-corrected chi connectivity index (χ3v) is 5.22. The molecule has 26 heavy (non-hydrogen) atoms. The number of amides is 1. The first-order chi connectivity index (χ1) is 12.3. The number of aliphatic hydroxyl groups excluding tert-OH is 1. The number of fused-ring (bicyclic) bond motifs is 3. The molecule has 2 aromatic rings. The van der Waals surface area contributed by atoms with Gasteiger partial charge in [-0.15, -0.1) is 0 Å². The summed E-state index contributed by atoms with van der Waals surface area (Å²) in [6.45, 7) is 2.09. The van der Waals surface area contributed by atoms with Gasteiger partial charge >= 0.3 is 0 Å². The molecule has 2 aromatic heterocycles. The lowest BCUT2D eigenvalue weighted by Gasteiger charge is -2.25. The van der Waals surface area contributed by atoms with E-state index < -0.39 is 30.0 Å². The van der Waals surface area contributed by atoms with Gasteiger partial charge in [0.1, 0.15) is 11.5 Å². The minimum absolute atomic E-state index is 0.223. The predicted molar refractivity (Wildman–Crippen MR) is 89.4 cm³/mol. The van der Waals surface area contributed by atoms with Crippen LogP contribution in [0.15, 0.2) is 18.3 Å². The van der Waals surface area contributed by atoms with E-state index in [1.165, 1.54) is 26.0 Å². The van der Waals surface area contributed by atoms with Gasteiger partial charge in [0.25, 0.3) is 5.91 Å². The number of nitrogens with one attached hydrogen (secondary N) is 1. The topological polar surface area (TPSA) is 80.0 Å². The summed E-state index contributed by atoms with van der Waals surface area (Å²) in [7, 11) is 0. The van der Waals surface area contributed by atoms with Gasteiger partial charge in [-0.05, 0) is 44.7 Å². The van der Waals surface area contributed by atoms with Crippen molar-refractivity contribution >= 4 is 5.91 Å². The summed E-state index contributed by atoms with van der Waals surface area (Å²) < 4.78 is 28.9. The van der Waals surface area contributed by atoms with Gasteiger partial charge in [-0.2, -0.15) is 5.10 Å². The Bertz CT molecular complexity index is 857. The van der Waals surface area contributed by atoms with Crippen LogP contribution >= 0.6 is 0 Å². The van der Waals surface area contributed by atoms with Crippen LogP contribution in [0.2, 0.25) is 0 Å². The minimum Gasteiger partial charge on any atom is -0.394 e. The molecule has 2 aliphatic rings. The second kappa shape index (κ2) is 5.84. The summed E-state index contributed by atoms with van der Waals surface area (Å²) in [5, 5.41) is 16.3.